The Balaban J connectivity index is 2.74. The molecule has 0 bridgehead atoms. The Morgan fingerprint density at radius 2 is 2.22 bits per heavy atom. The lowest BCUT2D eigenvalue weighted by Crippen LogP contribution is -2.33. The van der Waals surface area contributed by atoms with Crippen LogP contribution < -0.4 is 5.32 Å². The predicted octanol–water partition coefficient (Wildman–Crippen LogP) is 2.95. The van der Waals surface area contributed by atoms with Gasteiger partial charge in [-0.05, 0) is 39.3 Å². The Morgan fingerprint density at radius 1 is 1.50 bits per heavy atom. The third-order valence-corrected chi connectivity index (χ3v) is 3.32. The zero-order valence-electron chi connectivity index (χ0n) is 12.3. The summed E-state index contributed by atoms with van der Waals surface area (Å²) in [6.07, 6.45) is 4.22. The van der Waals surface area contributed by atoms with Gasteiger partial charge in [0, 0.05) is 24.2 Å². The highest BCUT2D eigenvalue weighted by molar-refractivity contribution is 5.13. The highest BCUT2D eigenvalue weighted by Crippen LogP contribution is 2.23. The number of aryl methyl sites for hydroxylation is 2. The number of nitrogens with zero attached hydrogens (tertiary/aromatic N) is 2. The molecular formula is C15H27N3. The molecule has 0 amide bonds. The van der Waals surface area contributed by atoms with Gasteiger partial charge >= 0.3 is 0 Å². The topological polar surface area (TPSA) is 29.9 Å². The van der Waals surface area contributed by atoms with Gasteiger partial charge in [0.1, 0.15) is 0 Å². The molecule has 0 fully saturated rings. The molecule has 1 aromatic heterocycles. The largest absolute Gasteiger partial charge is 0.316 e. The van der Waals surface area contributed by atoms with E-state index >= 15 is 0 Å². The van der Waals surface area contributed by atoms with Gasteiger partial charge in [-0.2, -0.15) is 5.10 Å². The van der Waals surface area contributed by atoms with Gasteiger partial charge < -0.3 is 5.32 Å². The lowest BCUT2D eigenvalue weighted by molar-refractivity contribution is 0.378. The number of rotatable bonds is 8. The van der Waals surface area contributed by atoms with Crippen LogP contribution in [0, 0.1) is 12.3 Å². The van der Waals surface area contributed by atoms with E-state index in [1.807, 2.05) is 0 Å². The number of nitrogens with one attached hydrogen (secondary N) is 1. The first-order chi connectivity index (χ1) is 8.54. The number of hydrogen-bond donors (Lipinski definition) is 1. The highest BCUT2D eigenvalue weighted by Gasteiger charge is 2.22. The Hall–Kier alpha value is -1.09. The molecule has 1 unspecified atom stereocenters. The van der Waals surface area contributed by atoms with Crippen molar-refractivity contribution in [2.45, 2.75) is 47.1 Å². The molecular weight excluding hydrogens is 222 g/mol. The summed E-state index contributed by atoms with van der Waals surface area (Å²) in [5.74, 6) is 0. The fourth-order valence-corrected chi connectivity index (χ4v) is 2.19. The SMILES string of the molecule is C=CC(C)(CNCCC)Cc1cc(C)nn1CC. The molecule has 3 heteroatoms. The third kappa shape index (κ3) is 3.98. The van der Waals surface area contributed by atoms with Crippen molar-refractivity contribution in [3.63, 3.8) is 0 Å². The van der Waals surface area contributed by atoms with Crippen molar-refractivity contribution >= 4 is 0 Å². The fourth-order valence-electron chi connectivity index (χ4n) is 2.19. The summed E-state index contributed by atoms with van der Waals surface area (Å²) in [6, 6.07) is 2.19. The van der Waals surface area contributed by atoms with Crippen molar-refractivity contribution in [1.82, 2.24) is 15.1 Å². The maximum atomic E-state index is 4.51. The summed E-state index contributed by atoms with van der Waals surface area (Å²) in [4.78, 5) is 0. The van der Waals surface area contributed by atoms with Gasteiger partial charge in [-0.3, -0.25) is 4.68 Å². The van der Waals surface area contributed by atoms with Gasteiger partial charge in [0.15, 0.2) is 0 Å². The van der Waals surface area contributed by atoms with Gasteiger partial charge in [-0.25, -0.2) is 0 Å². The second-order valence-corrected chi connectivity index (χ2v) is 5.30. The van der Waals surface area contributed by atoms with Crippen LogP contribution >= 0.6 is 0 Å². The van der Waals surface area contributed by atoms with E-state index in [4.69, 9.17) is 0 Å². The highest BCUT2D eigenvalue weighted by atomic mass is 15.3. The number of hydrogen-bond acceptors (Lipinski definition) is 2. The maximum Gasteiger partial charge on any atom is 0.0596 e. The van der Waals surface area contributed by atoms with E-state index in [0.717, 1.165) is 31.7 Å². The van der Waals surface area contributed by atoms with E-state index in [2.05, 4.69) is 61.5 Å². The second kappa shape index (κ2) is 6.74. The first-order valence-corrected chi connectivity index (χ1v) is 6.92. The summed E-state index contributed by atoms with van der Waals surface area (Å²) in [5, 5.41) is 8.00. The van der Waals surface area contributed by atoms with Crippen LogP contribution in [0.1, 0.15) is 38.6 Å². The zero-order valence-corrected chi connectivity index (χ0v) is 12.3. The van der Waals surface area contributed by atoms with E-state index in [9.17, 15) is 0 Å². The fraction of sp³-hybridized carbons (Fsp3) is 0.667. The monoisotopic (exact) mass is 249 g/mol. The van der Waals surface area contributed by atoms with Gasteiger partial charge in [0.2, 0.25) is 0 Å². The molecule has 18 heavy (non-hydrogen) atoms. The summed E-state index contributed by atoms with van der Waals surface area (Å²) < 4.78 is 2.09. The van der Waals surface area contributed by atoms with Crippen LogP contribution in [0.15, 0.2) is 18.7 Å². The van der Waals surface area contributed by atoms with Crippen LogP contribution in [-0.4, -0.2) is 22.9 Å². The normalized spacial score (nSPS) is 14.4. The molecule has 0 saturated carbocycles. The molecule has 0 aliphatic rings. The summed E-state index contributed by atoms with van der Waals surface area (Å²) >= 11 is 0. The minimum atomic E-state index is 0.0918. The Labute approximate surface area is 111 Å². The summed E-state index contributed by atoms with van der Waals surface area (Å²) in [6.45, 7) is 15.6. The lowest BCUT2D eigenvalue weighted by atomic mass is 9.85. The molecule has 1 aromatic rings. The van der Waals surface area contributed by atoms with Gasteiger partial charge in [-0.1, -0.05) is 19.9 Å². The van der Waals surface area contributed by atoms with E-state index in [1.54, 1.807) is 0 Å². The number of aromatic nitrogens is 2. The van der Waals surface area contributed by atoms with Crippen molar-refractivity contribution in [3.05, 3.63) is 30.1 Å². The van der Waals surface area contributed by atoms with Crippen LogP contribution in [0.4, 0.5) is 0 Å². The summed E-state index contributed by atoms with van der Waals surface area (Å²) in [5.41, 5.74) is 2.49. The molecule has 0 aliphatic carbocycles. The van der Waals surface area contributed by atoms with Crippen molar-refractivity contribution in [1.29, 1.82) is 0 Å². The molecule has 102 valence electrons. The molecule has 0 aliphatic heterocycles. The van der Waals surface area contributed by atoms with E-state index in [-0.39, 0.29) is 5.41 Å². The van der Waals surface area contributed by atoms with E-state index in [1.165, 1.54) is 12.1 Å². The minimum absolute atomic E-state index is 0.0918. The lowest BCUT2D eigenvalue weighted by Gasteiger charge is -2.26. The average Bonchev–Trinajstić information content (AvgIpc) is 2.69. The van der Waals surface area contributed by atoms with Gasteiger partial charge in [-0.15, -0.1) is 6.58 Å². The Bertz CT molecular complexity index is 381. The molecule has 1 rings (SSSR count). The van der Waals surface area contributed by atoms with E-state index in [0.29, 0.717) is 0 Å². The van der Waals surface area contributed by atoms with Crippen molar-refractivity contribution in [2.75, 3.05) is 13.1 Å². The van der Waals surface area contributed by atoms with Crippen molar-refractivity contribution in [3.8, 4) is 0 Å². The smallest absolute Gasteiger partial charge is 0.0596 e. The molecule has 0 aromatic carbocycles. The second-order valence-electron chi connectivity index (χ2n) is 5.30. The molecule has 1 N–H and O–H groups in total. The Kier molecular flexibility index (Phi) is 5.60. The summed E-state index contributed by atoms with van der Waals surface area (Å²) in [7, 11) is 0. The quantitative estimate of drug-likeness (QED) is 0.567. The standard InChI is InChI=1S/C15H27N3/c1-6-9-16-12-15(5,7-2)11-14-10-13(4)17-18(14)8-3/h7,10,16H,2,6,8-9,11-12H2,1,3-5H3. The molecule has 0 radical (unpaired) electrons. The molecule has 0 saturated heterocycles. The minimum Gasteiger partial charge on any atom is -0.316 e. The third-order valence-electron chi connectivity index (χ3n) is 3.32. The van der Waals surface area contributed by atoms with Crippen molar-refractivity contribution in [2.24, 2.45) is 5.41 Å². The van der Waals surface area contributed by atoms with Crippen LogP contribution in [0.5, 0.6) is 0 Å². The van der Waals surface area contributed by atoms with Gasteiger partial charge in [0.05, 0.1) is 5.69 Å². The molecule has 0 spiro atoms. The predicted molar refractivity (Wildman–Crippen MR) is 77.8 cm³/mol. The van der Waals surface area contributed by atoms with E-state index < -0.39 is 0 Å². The molecule has 3 nitrogen and oxygen atoms in total. The van der Waals surface area contributed by atoms with Crippen LogP contribution in [0.2, 0.25) is 0 Å². The van der Waals surface area contributed by atoms with Crippen molar-refractivity contribution < 1.29 is 0 Å². The van der Waals surface area contributed by atoms with Crippen LogP contribution in [-0.2, 0) is 13.0 Å². The van der Waals surface area contributed by atoms with Crippen LogP contribution in [0.25, 0.3) is 0 Å². The first kappa shape index (κ1) is 15.0. The zero-order chi connectivity index (χ0) is 13.6. The maximum absolute atomic E-state index is 4.51. The molecule has 1 atom stereocenters. The van der Waals surface area contributed by atoms with Gasteiger partial charge in [0.25, 0.3) is 0 Å². The average molecular weight is 249 g/mol. The first-order valence-electron chi connectivity index (χ1n) is 6.92. The van der Waals surface area contributed by atoms with Crippen LogP contribution in [0.3, 0.4) is 0 Å². The molecule has 1 heterocycles. The Morgan fingerprint density at radius 3 is 2.78 bits per heavy atom.